The van der Waals surface area contributed by atoms with Gasteiger partial charge in [0.15, 0.2) is 69.8 Å². The zero-order valence-corrected chi connectivity index (χ0v) is 36.5. The monoisotopic (exact) mass is 1070 g/mol. The number of nitrogens with zero attached hydrogens (tertiary/aromatic N) is 1. The van der Waals surface area contributed by atoms with Crippen molar-refractivity contribution in [2.45, 2.75) is 6.54 Å². The number of aromatic nitrogens is 1. The Labute approximate surface area is 406 Å². The van der Waals surface area contributed by atoms with Crippen molar-refractivity contribution in [3.8, 4) is 11.6 Å². The standard InChI is InChI=1S/C27H20NO2.C24BF20/c29-26(22-10-2-1-3-11-22)19-28-25-13-7-6-9-21(25)15-17-27(28)30-24-16-14-20-8-4-5-12-23(20)18-24;26-5-1(6(27)14(35)21(42)13(5)34)25(2-7(28)15(36)22(43)16(37)8(2)29,3-9(30)17(38)23(44)18(39)10(3)31)4-11(32)19(40)24(45)20(41)12(4)33/h1-18H,19H2;/q+1;-1. The zero-order chi connectivity index (χ0) is 54.7. The van der Waals surface area contributed by atoms with Crippen LogP contribution in [0.25, 0.3) is 21.7 Å². The Balaban J connectivity index is 0.000000215. The quantitative estimate of drug-likeness (QED) is 0.0360. The van der Waals surface area contributed by atoms with E-state index in [0.29, 0.717) is 11.4 Å². The number of hydrogen-bond acceptors (Lipinski definition) is 2. The third-order valence-electron chi connectivity index (χ3n) is 11.9. The highest BCUT2D eigenvalue weighted by molar-refractivity contribution is 7.20. The Morgan fingerprint density at radius 1 is 0.347 bits per heavy atom. The number of Topliss-reactive ketones (excluding diaryl/α,β-unsaturated/α-hetero) is 1. The van der Waals surface area contributed by atoms with Gasteiger partial charge in [0.2, 0.25) is 17.8 Å². The van der Waals surface area contributed by atoms with Crippen LogP contribution in [0.3, 0.4) is 0 Å². The van der Waals surface area contributed by atoms with Crippen molar-refractivity contribution in [2.75, 3.05) is 0 Å². The molecule has 0 aliphatic carbocycles. The molecule has 0 unspecified atom stereocenters. The van der Waals surface area contributed by atoms with Crippen molar-refractivity contribution in [1.29, 1.82) is 0 Å². The SMILES string of the molecule is Fc1c(F)c(F)c([B-](c2c(F)c(F)c(F)c(F)c2F)(c2c(F)c(F)c(F)c(F)c2F)c2c(F)c(F)c(F)c(F)c2F)c(F)c1F.O=C(C[n+]1c(Oc2ccc3ccccc3c2)ccc2ccccc21)c1ccccc1. The van der Waals surface area contributed by atoms with Gasteiger partial charge >= 0.3 is 5.88 Å². The van der Waals surface area contributed by atoms with E-state index in [1.165, 1.54) is 0 Å². The third kappa shape index (κ3) is 8.59. The molecule has 0 fully saturated rings. The van der Waals surface area contributed by atoms with Crippen LogP contribution in [0.5, 0.6) is 11.6 Å². The van der Waals surface area contributed by atoms with E-state index in [1.54, 1.807) is 0 Å². The number of fused-ring (bicyclic) bond motifs is 2. The van der Waals surface area contributed by atoms with Gasteiger partial charge in [-0.25, -0.2) is 87.8 Å². The maximum absolute atomic E-state index is 15.4. The molecule has 0 saturated heterocycles. The van der Waals surface area contributed by atoms with Crippen LogP contribution in [0.4, 0.5) is 87.8 Å². The molecule has 0 radical (unpaired) electrons. The lowest BCUT2D eigenvalue weighted by Gasteiger charge is -2.44. The van der Waals surface area contributed by atoms with Crippen LogP contribution < -0.4 is 31.2 Å². The molecule has 0 N–H and O–H groups in total. The molecule has 0 aliphatic rings. The van der Waals surface area contributed by atoms with E-state index in [4.69, 9.17) is 4.74 Å². The molecule has 0 bridgehead atoms. The Morgan fingerprint density at radius 3 is 1.07 bits per heavy atom. The van der Waals surface area contributed by atoms with Gasteiger partial charge in [0, 0.05) is 17.0 Å². The van der Waals surface area contributed by atoms with Gasteiger partial charge in [0.25, 0.3) is 0 Å². The van der Waals surface area contributed by atoms with Gasteiger partial charge < -0.3 is 4.74 Å². The second-order valence-corrected chi connectivity index (χ2v) is 16.0. The Morgan fingerprint density at radius 2 is 0.667 bits per heavy atom. The minimum absolute atomic E-state index is 0.0420. The van der Waals surface area contributed by atoms with E-state index in [1.807, 2.05) is 102 Å². The minimum Gasteiger partial charge on any atom is -0.405 e. The molecule has 8 aromatic carbocycles. The van der Waals surface area contributed by atoms with Crippen LogP contribution in [-0.2, 0) is 6.54 Å². The van der Waals surface area contributed by atoms with Gasteiger partial charge in [-0.05, 0) is 35.0 Å². The first-order valence-corrected chi connectivity index (χ1v) is 20.9. The third-order valence-corrected chi connectivity index (χ3v) is 11.9. The molecule has 0 amide bonds. The van der Waals surface area contributed by atoms with Gasteiger partial charge in [0.05, 0.1) is 6.07 Å². The van der Waals surface area contributed by atoms with Gasteiger partial charge in [-0.2, -0.15) is 4.57 Å². The van der Waals surface area contributed by atoms with E-state index >= 15 is 35.1 Å². The molecule has 24 heteroatoms. The predicted octanol–water partition coefficient (Wildman–Crippen LogP) is 11.8. The van der Waals surface area contributed by atoms with Crippen LogP contribution >= 0.6 is 0 Å². The van der Waals surface area contributed by atoms with Gasteiger partial charge in [-0.3, -0.25) is 4.79 Å². The molecule has 384 valence electrons. The summed E-state index contributed by atoms with van der Waals surface area (Å²) in [6.07, 6.45) is -7.22. The maximum Gasteiger partial charge on any atom is 0.374 e. The summed E-state index contributed by atoms with van der Waals surface area (Å²) in [5.74, 6) is -70.0. The maximum atomic E-state index is 15.4. The number of ether oxygens (including phenoxy) is 1. The highest BCUT2D eigenvalue weighted by Crippen LogP contribution is 2.32. The summed E-state index contributed by atoms with van der Waals surface area (Å²) >= 11 is 0. The lowest BCUT2D eigenvalue weighted by Crippen LogP contribution is -2.81. The smallest absolute Gasteiger partial charge is 0.374 e. The molecular weight excluding hydrogens is 1050 g/mol. The van der Waals surface area contributed by atoms with Crippen molar-refractivity contribution in [2.24, 2.45) is 0 Å². The first-order chi connectivity index (χ1) is 35.5. The summed E-state index contributed by atoms with van der Waals surface area (Å²) < 4.78 is 302. The van der Waals surface area contributed by atoms with Crippen LogP contribution in [0.15, 0.2) is 109 Å². The number of hydrogen-bond donors (Lipinski definition) is 0. The van der Waals surface area contributed by atoms with Crippen LogP contribution in [-0.4, -0.2) is 11.9 Å². The molecule has 75 heavy (non-hydrogen) atoms. The number of ketones is 1. The number of rotatable bonds is 9. The van der Waals surface area contributed by atoms with E-state index in [9.17, 15) is 57.5 Å². The number of benzene rings is 8. The van der Waals surface area contributed by atoms with Crippen molar-refractivity contribution in [3.63, 3.8) is 0 Å². The Bertz CT molecular complexity index is 3440. The average Bonchev–Trinajstić information content (AvgIpc) is 3.42. The second-order valence-electron chi connectivity index (χ2n) is 16.0. The highest BCUT2D eigenvalue weighted by atomic mass is 19.2. The first-order valence-electron chi connectivity index (χ1n) is 20.9. The van der Waals surface area contributed by atoms with Crippen LogP contribution in [0.2, 0.25) is 0 Å². The fourth-order valence-corrected chi connectivity index (χ4v) is 8.58. The molecule has 0 spiro atoms. The summed E-state index contributed by atoms with van der Waals surface area (Å²) in [5.41, 5.74) is -12.7. The summed E-state index contributed by atoms with van der Waals surface area (Å²) in [7, 11) is 0. The number of carbonyl (C=O) groups is 1. The van der Waals surface area contributed by atoms with Crippen LogP contribution in [0, 0.1) is 116 Å². The lowest BCUT2D eigenvalue weighted by atomic mass is 9.12. The lowest BCUT2D eigenvalue weighted by molar-refractivity contribution is -0.661. The minimum atomic E-state index is -7.22. The van der Waals surface area contributed by atoms with Crippen molar-refractivity contribution in [1.82, 2.24) is 0 Å². The first kappa shape index (κ1) is 52.9. The number of carbonyl (C=O) groups excluding carboxylic acids is 1. The molecular formula is C51H20BF20NO2. The Kier molecular flexibility index (Phi) is 14.2. The molecule has 0 saturated carbocycles. The zero-order valence-electron chi connectivity index (χ0n) is 36.5. The van der Waals surface area contributed by atoms with Crippen LogP contribution in [0.1, 0.15) is 10.4 Å². The number of halogens is 20. The number of para-hydroxylation sites is 1. The normalized spacial score (nSPS) is 11.6. The van der Waals surface area contributed by atoms with Gasteiger partial charge in [-0.15, -0.1) is 21.9 Å². The molecule has 9 rings (SSSR count). The molecule has 1 heterocycles. The second kappa shape index (κ2) is 20.1. The highest BCUT2D eigenvalue weighted by Gasteiger charge is 2.52. The fraction of sp³-hybridized carbons (Fsp3) is 0.0196. The van der Waals surface area contributed by atoms with E-state index in [2.05, 4.69) is 12.1 Å². The Hall–Kier alpha value is -8.44. The van der Waals surface area contributed by atoms with Gasteiger partial charge in [0.1, 0.15) is 58.4 Å². The van der Waals surface area contributed by atoms with E-state index in [-0.39, 0.29) is 12.3 Å². The predicted molar refractivity (Wildman–Crippen MR) is 228 cm³/mol. The average molecular weight is 1070 g/mol. The fourth-order valence-electron chi connectivity index (χ4n) is 8.58. The van der Waals surface area contributed by atoms with Crippen molar-refractivity contribution >= 4 is 55.5 Å². The molecule has 0 atom stereocenters. The number of pyridine rings is 1. The molecule has 9 aromatic rings. The summed E-state index contributed by atoms with van der Waals surface area (Å²) in [6.45, 7) is 0.203. The molecule has 0 aliphatic heterocycles. The molecule has 1 aromatic heterocycles. The van der Waals surface area contributed by atoms with Crippen molar-refractivity contribution < 1.29 is 102 Å². The molecule has 3 nitrogen and oxygen atoms in total. The largest absolute Gasteiger partial charge is 0.405 e. The van der Waals surface area contributed by atoms with E-state index < -0.39 is 144 Å². The van der Waals surface area contributed by atoms with E-state index in [0.717, 1.165) is 27.4 Å². The topological polar surface area (TPSA) is 30.2 Å². The summed E-state index contributed by atoms with van der Waals surface area (Å²) in [6, 6.07) is 35.6. The summed E-state index contributed by atoms with van der Waals surface area (Å²) in [4.78, 5) is 13.0. The van der Waals surface area contributed by atoms with Crippen molar-refractivity contribution in [3.05, 3.63) is 231 Å². The van der Waals surface area contributed by atoms with Gasteiger partial charge in [-0.1, -0.05) is 72.8 Å². The summed E-state index contributed by atoms with van der Waals surface area (Å²) in [5, 5.41) is 3.34.